The maximum Gasteiger partial charge on any atom is 0.334 e. The summed E-state index contributed by atoms with van der Waals surface area (Å²) in [5.74, 6) is 0.412. The molecule has 1 saturated heterocycles. The summed E-state index contributed by atoms with van der Waals surface area (Å²) in [5, 5.41) is 12.0. The smallest absolute Gasteiger partial charge is 0.334 e. The first-order chi connectivity index (χ1) is 9.13. The van der Waals surface area contributed by atoms with E-state index in [0.717, 1.165) is 12.3 Å². The Morgan fingerprint density at radius 2 is 2.11 bits per heavy atom. The molecule has 2 N–H and O–H groups in total. The van der Waals surface area contributed by atoms with Gasteiger partial charge in [-0.2, -0.15) is 0 Å². The lowest BCUT2D eigenvalue weighted by Crippen LogP contribution is -2.54. The Morgan fingerprint density at radius 1 is 1.26 bits per heavy atom. The van der Waals surface area contributed by atoms with Gasteiger partial charge < -0.3 is 20.1 Å². The number of morpholine rings is 1. The van der Waals surface area contributed by atoms with E-state index < -0.39 is 12.1 Å². The molecule has 6 heteroatoms. The Kier molecular flexibility index (Phi) is 3.35. The standard InChI is InChI=1S/C13H20N2O4/c16-12(17)11-7-15(3-4-19-11)13(18)14-10-6-8-1-2-9(10)5-8/h8-11H,1-7H2,(H,14,18)(H,16,17). The number of hydrogen-bond acceptors (Lipinski definition) is 3. The zero-order valence-corrected chi connectivity index (χ0v) is 10.9. The topological polar surface area (TPSA) is 78.9 Å². The fourth-order valence-electron chi connectivity index (χ4n) is 3.65. The van der Waals surface area contributed by atoms with Crippen LogP contribution >= 0.6 is 0 Å². The summed E-state index contributed by atoms with van der Waals surface area (Å²) in [6, 6.07) is 0.157. The molecule has 2 bridgehead atoms. The molecule has 0 aromatic carbocycles. The number of rotatable bonds is 2. The van der Waals surface area contributed by atoms with Crippen LogP contribution in [0.3, 0.4) is 0 Å². The molecule has 2 amide bonds. The normalized spacial score (nSPS) is 37.4. The van der Waals surface area contributed by atoms with Gasteiger partial charge in [-0.25, -0.2) is 9.59 Å². The summed E-state index contributed by atoms with van der Waals surface area (Å²) in [6.45, 7) is 0.902. The highest BCUT2D eigenvalue weighted by atomic mass is 16.5. The fourth-order valence-corrected chi connectivity index (χ4v) is 3.65. The Morgan fingerprint density at radius 3 is 2.74 bits per heavy atom. The predicted molar refractivity (Wildman–Crippen MR) is 66.7 cm³/mol. The largest absolute Gasteiger partial charge is 0.479 e. The van der Waals surface area contributed by atoms with Gasteiger partial charge in [0.15, 0.2) is 6.10 Å². The van der Waals surface area contributed by atoms with Crippen molar-refractivity contribution < 1.29 is 19.4 Å². The third-order valence-electron chi connectivity index (χ3n) is 4.68. The van der Waals surface area contributed by atoms with Gasteiger partial charge in [0, 0.05) is 12.6 Å². The molecule has 2 aliphatic carbocycles. The third kappa shape index (κ3) is 2.54. The van der Waals surface area contributed by atoms with Crippen molar-refractivity contribution in [3.8, 4) is 0 Å². The minimum Gasteiger partial charge on any atom is -0.479 e. The first kappa shape index (κ1) is 12.7. The number of aliphatic carboxylic acids is 1. The van der Waals surface area contributed by atoms with E-state index in [-0.39, 0.29) is 18.6 Å². The Labute approximate surface area is 112 Å². The maximum atomic E-state index is 12.2. The van der Waals surface area contributed by atoms with Crippen LogP contribution in [-0.4, -0.2) is 53.8 Å². The Bertz CT molecular complexity index is 387. The quantitative estimate of drug-likeness (QED) is 0.771. The van der Waals surface area contributed by atoms with E-state index in [1.807, 2.05) is 0 Å². The van der Waals surface area contributed by atoms with Gasteiger partial charge >= 0.3 is 12.0 Å². The number of carboxylic acids is 1. The van der Waals surface area contributed by atoms with Gasteiger partial charge in [-0.3, -0.25) is 0 Å². The molecular formula is C13H20N2O4. The molecule has 0 spiro atoms. The van der Waals surface area contributed by atoms with Crippen LogP contribution < -0.4 is 5.32 Å². The SMILES string of the molecule is O=C(O)C1CN(C(=O)NC2CC3CCC2C3)CCO1. The predicted octanol–water partition coefficient (Wildman–Crippen LogP) is 0.670. The van der Waals surface area contributed by atoms with Crippen LogP contribution in [-0.2, 0) is 9.53 Å². The zero-order valence-electron chi connectivity index (χ0n) is 10.9. The van der Waals surface area contributed by atoms with Gasteiger partial charge in [0.05, 0.1) is 13.2 Å². The fraction of sp³-hybridized carbons (Fsp3) is 0.846. The molecule has 0 aromatic rings. The van der Waals surface area contributed by atoms with Crippen LogP contribution in [0.25, 0.3) is 0 Å². The number of hydrogen-bond donors (Lipinski definition) is 2. The Hall–Kier alpha value is -1.30. The van der Waals surface area contributed by atoms with E-state index in [0.29, 0.717) is 19.1 Å². The summed E-state index contributed by atoms with van der Waals surface area (Å²) in [4.78, 5) is 24.6. The van der Waals surface area contributed by atoms with Crippen molar-refractivity contribution in [3.05, 3.63) is 0 Å². The van der Waals surface area contributed by atoms with Crippen molar-refractivity contribution in [2.45, 2.75) is 37.8 Å². The molecule has 4 unspecified atom stereocenters. The second-order valence-electron chi connectivity index (χ2n) is 5.87. The van der Waals surface area contributed by atoms with Crippen molar-refractivity contribution in [2.24, 2.45) is 11.8 Å². The van der Waals surface area contributed by atoms with Crippen LogP contribution in [0.1, 0.15) is 25.7 Å². The molecule has 3 aliphatic rings. The number of ether oxygens (including phenoxy) is 1. The number of fused-ring (bicyclic) bond motifs is 2. The highest BCUT2D eigenvalue weighted by Crippen LogP contribution is 2.44. The van der Waals surface area contributed by atoms with Crippen LogP contribution in [0.4, 0.5) is 4.79 Å². The molecule has 0 aromatic heterocycles. The monoisotopic (exact) mass is 268 g/mol. The van der Waals surface area contributed by atoms with Crippen molar-refractivity contribution >= 4 is 12.0 Å². The molecule has 3 rings (SSSR count). The lowest BCUT2D eigenvalue weighted by molar-refractivity contribution is -0.154. The van der Waals surface area contributed by atoms with Gasteiger partial charge in [0.2, 0.25) is 0 Å². The van der Waals surface area contributed by atoms with Crippen molar-refractivity contribution in [1.29, 1.82) is 0 Å². The minimum atomic E-state index is -1.00. The maximum absolute atomic E-state index is 12.2. The van der Waals surface area contributed by atoms with E-state index in [9.17, 15) is 9.59 Å². The zero-order chi connectivity index (χ0) is 13.4. The molecular weight excluding hydrogens is 248 g/mol. The van der Waals surface area contributed by atoms with Crippen LogP contribution in [0.2, 0.25) is 0 Å². The van der Waals surface area contributed by atoms with Gasteiger partial charge in [0.25, 0.3) is 0 Å². The number of amides is 2. The molecule has 1 heterocycles. The minimum absolute atomic E-state index is 0.132. The highest BCUT2D eigenvalue weighted by molar-refractivity contribution is 5.77. The molecule has 3 fully saturated rings. The average Bonchev–Trinajstić information content (AvgIpc) is 3.01. The van der Waals surface area contributed by atoms with E-state index in [4.69, 9.17) is 9.84 Å². The summed E-state index contributed by atoms with van der Waals surface area (Å²) < 4.78 is 5.12. The van der Waals surface area contributed by atoms with Gasteiger partial charge in [-0.1, -0.05) is 6.42 Å². The molecule has 4 atom stereocenters. The third-order valence-corrected chi connectivity index (χ3v) is 4.68. The summed E-state index contributed by atoms with van der Waals surface area (Å²) in [7, 11) is 0. The van der Waals surface area contributed by atoms with Gasteiger partial charge in [0.1, 0.15) is 0 Å². The van der Waals surface area contributed by atoms with Gasteiger partial charge in [-0.05, 0) is 31.1 Å². The lowest BCUT2D eigenvalue weighted by Gasteiger charge is -2.33. The second-order valence-corrected chi connectivity index (χ2v) is 5.87. The number of urea groups is 1. The molecule has 1 aliphatic heterocycles. The molecule has 6 nitrogen and oxygen atoms in total. The highest BCUT2D eigenvalue weighted by Gasteiger charge is 2.41. The van der Waals surface area contributed by atoms with E-state index in [1.54, 1.807) is 4.90 Å². The Balaban J connectivity index is 1.54. The van der Waals surface area contributed by atoms with Crippen molar-refractivity contribution in [3.63, 3.8) is 0 Å². The number of carboxylic acid groups (broad SMARTS) is 1. The number of carbonyl (C=O) groups is 2. The average molecular weight is 268 g/mol. The summed E-state index contributed by atoms with van der Waals surface area (Å²) >= 11 is 0. The lowest BCUT2D eigenvalue weighted by atomic mass is 9.95. The summed E-state index contributed by atoms with van der Waals surface area (Å²) in [6.07, 6.45) is 3.96. The molecule has 19 heavy (non-hydrogen) atoms. The van der Waals surface area contributed by atoms with Crippen LogP contribution in [0.15, 0.2) is 0 Å². The number of nitrogens with one attached hydrogen (secondary N) is 1. The van der Waals surface area contributed by atoms with Crippen molar-refractivity contribution in [2.75, 3.05) is 19.7 Å². The van der Waals surface area contributed by atoms with Crippen LogP contribution in [0, 0.1) is 11.8 Å². The summed E-state index contributed by atoms with van der Waals surface area (Å²) in [5.41, 5.74) is 0. The van der Waals surface area contributed by atoms with E-state index in [1.165, 1.54) is 19.3 Å². The van der Waals surface area contributed by atoms with Crippen LogP contribution in [0.5, 0.6) is 0 Å². The molecule has 106 valence electrons. The number of nitrogens with zero attached hydrogens (tertiary/aromatic N) is 1. The second kappa shape index (κ2) is 5.00. The first-order valence-electron chi connectivity index (χ1n) is 7.03. The van der Waals surface area contributed by atoms with E-state index >= 15 is 0 Å². The number of carbonyl (C=O) groups excluding carboxylic acids is 1. The van der Waals surface area contributed by atoms with E-state index in [2.05, 4.69) is 5.32 Å². The van der Waals surface area contributed by atoms with Gasteiger partial charge in [-0.15, -0.1) is 0 Å². The molecule has 0 radical (unpaired) electrons. The first-order valence-corrected chi connectivity index (χ1v) is 7.03. The molecule has 2 saturated carbocycles. The van der Waals surface area contributed by atoms with Crippen molar-refractivity contribution in [1.82, 2.24) is 10.2 Å².